The summed E-state index contributed by atoms with van der Waals surface area (Å²) in [5, 5.41) is 3.35. The molecule has 1 aromatic rings. The molecule has 4 heteroatoms. The topological polar surface area (TPSA) is 28.2 Å². The smallest absolute Gasteiger partial charge is 0.141 e. The lowest BCUT2D eigenvalue weighted by Gasteiger charge is -2.21. The van der Waals surface area contributed by atoms with Crippen LogP contribution in [0.4, 0.5) is 10.2 Å². The summed E-state index contributed by atoms with van der Waals surface area (Å²) in [5.74, 6) is 1.25. The van der Waals surface area contributed by atoms with Gasteiger partial charge in [-0.3, -0.25) is 0 Å². The average Bonchev–Trinajstić information content (AvgIpc) is 3.11. The minimum atomic E-state index is -0.260. The lowest BCUT2D eigenvalue weighted by molar-refractivity contribution is 0.548. The molecule has 1 N–H and O–H groups in total. The van der Waals surface area contributed by atoms with E-state index in [0.29, 0.717) is 18.5 Å². The molecule has 0 aromatic carbocycles. The third-order valence-corrected chi connectivity index (χ3v) is 3.21. The molecule has 1 heterocycles. The van der Waals surface area contributed by atoms with Gasteiger partial charge in [0.1, 0.15) is 11.6 Å². The molecule has 1 saturated carbocycles. The van der Waals surface area contributed by atoms with Crippen molar-refractivity contribution in [3.8, 4) is 0 Å². The Morgan fingerprint density at radius 3 is 2.83 bits per heavy atom. The molecule has 0 bridgehead atoms. The Balaban J connectivity index is 2.07. The minimum Gasteiger partial charge on any atom is -0.356 e. The maximum absolute atomic E-state index is 13.3. The van der Waals surface area contributed by atoms with Gasteiger partial charge in [0.25, 0.3) is 0 Å². The molecule has 0 atom stereocenters. The number of hydrogen-bond donors (Lipinski definition) is 1. The predicted molar refractivity (Wildman–Crippen MR) is 72.2 cm³/mol. The molecule has 0 amide bonds. The third kappa shape index (κ3) is 3.42. The zero-order chi connectivity index (χ0) is 13.1. The first-order valence-corrected chi connectivity index (χ1v) is 6.66. The quantitative estimate of drug-likeness (QED) is 0.842. The lowest BCUT2D eigenvalue weighted by atomic mass is 10.2. The summed E-state index contributed by atoms with van der Waals surface area (Å²) in [5.41, 5.74) is 0.949. The van der Waals surface area contributed by atoms with Crippen molar-refractivity contribution < 1.29 is 4.39 Å². The first-order chi connectivity index (χ1) is 8.58. The van der Waals surface area contributed by atoms with Crippen molar-refractivity contribution in [2.24, 2.45) is 5.92 Å². The van der Waals surface area contributed by atoms with E-state index in [1.165, 1.54) is 19.0 Å². The fourth-order valence-electron chi connectivity index (χ4n) is 2.05. The number of hydrogen-bond acceptors (Lipinski definition) is 3. The Bertz CT molecular complexity index is 402. The van der Waals surface area contributed by atoms with Gasteiger partial charge in [-0.25, -0.2) is 9.37 Å². The van der Waals surface area contributed by atoms with E-state index >= 15 is 0 Å². The number of nitrogens with zero attached hydrogens (tertiary/aromatic N) is 2. The highest BCUT2D eigenvalue weighted by molar-refractivity contribution is 5.48. The van der Waals surface area contributed by atoms with Crippen LogP contribution >= 0.6 is 0 Å². The van der Waals surface area contributed by atoms with Gasteiger partial charge in [-0.1, -0.05) is 13.8 Å². The van der Waals surface area contributed by atoms with E-state index in [2.05, 4.69) is 29.0 Å². The average molecular weight is 251 g/mol. The van der Waals surface area contributed by atoms with Crippen LogP contribution in [0.2, 0.25) is 0 Å². The van der Waals surface area contributed by atoms with Crippen LogP contribution in [0.25, 0.3) is 0 Å². The van der Waals surface area contributed by atoms with Gasteiger partial charge in [0.2, 0.25) is 0 Å². The van der Waals surface area contributed by atoms with Crippen molar-refractivity contribution in [3.05, 3.63) is 23.6 Å². The van der Waals surface area contributed by atoms with Gasteiger partial charge in [-0.05, 0) is 31.4 Å². The SMILES string of the molecule is CC(C)CNCc1cc(F)cnc1N(C)C1CC1. The second-order valence-corrected chi connectivity index (χ2v) is 5.50. The van der Waals surface area contributed by atoms with E-state index < -0.39 is 0 Å². The standard InChI is InChI=1S/C14H22FN3/c1-10(2)7-16-8-11-6-12(15)9-17-14(11)18(3)13-4-5-13/h6,9-10,13,16H,4-5,7-8H2,1-3H3. The molecule has 18 heavy (non-hydrogen) atoms. The lowest BCUT2D eigenvalue weighted by Crippen LogP contribution is -2.25. The molecular formula is C14H22FN3. The molecule has 3 nitrogen and oxygen atoms in total. The fraction of sp³-hybridized carbons (Fsp3) is 0.643. The van der Waals surface area contributed by atoms with E-state index in [9.17, 15) is 4.39 Å². The molecular weight excluding hydrogens is 229 g/mol. The van der Waals surface area contributed by atoms with Crippen molar-refractivity contribution in [2.75, 3.05) is 18.5 Å². The molecule has 0 saturated heterocycles. The summed E-state index contributed by atoms with van der Waals surface area (Å²) in [6.07, 6.45) is 3.74. The second kappa shape index (κ2) is 5.65. The minimum absolute atomic E-state index is 0.260. The van der Waals surface area contributed by atoms with E-state index in [1.807, 2.05) is 7.05 Å². The molecule has 1 aliphatic carbocycles. The van der Waals surface area contributed by atoms with Gasteiger partial charge in [0, 0.05) is 25.2 Å². The zero-order valence-corrected chi connectivity index (χ0v) is 11.4. The van der Waals surface area contributed by atoms with Crippen molar-refractivity contribution >= 4 is 5.82 Å². The van der Waals surface area contributed by atoms with Crippen LogP contribution in [0.5, 0.6) is 0 Å². The summed E-state index contributed by atoms with van der Waals surface area (Å²) >= 11 is 0. The summed E-state index contributed by atoms with van der Waals surface area (Å²) in [7, 11) is 2.05. The van der Waals surface area contributed by atoms with Crippen molar-refractivity contribution in [1.82, 2.24) is 10.3 Å². The molecule has 0 radical (unpaired) electrons. The molecule has 0 unspecified atom stereocenters. The van der Waals surface area contributed by atoms with Gasteiger partial charge >= 0.3 is 0 Å². The molecule has 1 aromatic heterocycles. The third-order valence-electron chi connectivity index (χ3n) is 3.21. The van der Waals surface area contributed by atoms with E-state index in [0.717, 1.165) is 17.9 Å². The molecule has 100 valence electrons. The van der Waals surface area contributed by atoms with Gasteiger partial charge in [-0.2, -0.15) is 0 Å². The van der Waals surface area contributed by atoms with Crippen LogP contribution in [0.3, 0.4) is 0 Å². The van der Waals surface area contributed by atoms with E-state index in [-0.39, 0.29) is 5.82 Å². The van der Waals surface area contributed by atoms with Crippen LogP contribution in [0, 0.1) is 11.7 Å². The van der Waals surface area contributed by atoms with Gasteiger partial charge in [-0.15, -0.1) is 0 Å². The van der Waals surface area contributed by atoms with Gasteiger partial charge in [0.15, 0.2) is 0 Å². The van der Waals surface area contributed by atoms with Gasteiger partial charge in [0.05, 0.1) is 6.20 Å². The number of halogens is 1. The largest absolute Gasteiger partial charge is 0.356 e. The molecule has 2 rings (SSSR count). The second-order valence-electron chi connectivity index (χ2n) is 5.50. The maximum Gasteiger partial charge on any atom is 0.141 e. The number of aromatic nitrogens is 1. The Kier molecular flexibility index (Phi) is 4.17. The van der Waals surface area contributed by atoms with Crippen LogP contribution in [-0.2, 0) is 6.54 Å². The summed E-state index contributed by atoms with van der Waals surface area (Å²) in [6.45, 7) is 5.93. The first kappa shape index (κ1) is 13.3. The summed E-state index contributed by atoms with van der Waals surface area (Å²) in [4.78, 5) is 6.42. The van der Waals surface area contributed by atoms with Gasteiger partial charge < -0.3 is 10.2 Å². The predicted octanol–water partition coefficient (Wildman–Crippen LogP) is 2.56. The van der Waals surface area contributed by atoms with Crippen molar-refractivity contribution in [2.45, 2.75) is 39.3 Å². The van der Waals surface area contributed by atoms with Crippen molar-refractivity contribution in [1.29, 1.82) is 0 Å². The highest BCUT2D eigenvalue weighted by atomic mass is 19.1. The van der Waals surface area contributed by atoms with Crippen LogP contribution < -0.4 is 10.2 Å². The van der Waals surface area contributed by atoms with E-state index in [4.69, 9.17) is 0 Å². The monoisotopic (exact) mass is 251 g/mol. The summed E-state index contributed by atoms with van der Waals surface area (Å²) in [6, 6.07) is 2.18. The molecule has 1 aliphatic rings. The van der Waals surface area contributed by atoms with Crippen LogP contribution in [0.1, 0.15) is 32.3 Å². The van der Waals surface area contributed by atoms with E-state index in [1.54, 1.807) is 6.07 Å². The Labute approximate surface area is 108 Å². The summed E-state index contributed by atoms with van der Waals surface area (Å²) < 4.78 is 13.3. The Morgan fingerprint density at radius 2 is 2.22 bits per heavy atom. The number of pyridine rings is 1. The number of nitrogens with one attached hydrogen (secondary N) is 1. The van der Waals surface area contributed by atoms with Crippen molar-refractivity contribution in [3.63, 3.8) is 0 Å². The Hall–Kier alpha value is -1.16. The normalized spacial score (nSPS) is 15.2. The highest BCUT2D eigenvalue weighted by Gasteiger charge is 2.28. The molecule has 0 aliphatic heterocycles. The highest BCUT2D eigenvalue weighted by Crippen LogP contribution is 2.30. The van der Waals surface area contributed by atoms with Crippen LogP contribution in [0.15, 0.2) is 12.3 Å². The van der Waals surface area contributed by atoms with Crippen LogP contribution in [-0.4, -0.2) is 24.6 Å². The molecule has 0 spiro atoms. The fourth-order valence-corrected chi connectivity index (χ4v) is 2.05. The zero-order valence-electron chi connectivity index (χ0n) is 11.4. The number of anilines is 1. The Morgan fingerprint density at radius 1 is 1.50 bits per heavy atom. The first-order valence-electron chi connectivity index (χ1n) is 6.66. The molecule has 1 fully saturated rings. The maximum atomic E-state index is 13.3. The number of rotatable bonds is 6.